The largest absolute Gasteiger partial charge is 0.484 e. The lowest BCUT2D eigenvalue weighted by Gasteiger charge is -2.30. The predicted molar refractivity (Wildman–Crippen MR) is 76.3 cm³/mol. The number of amidine groups is 1. The molecule has 1 aromatic carbocycles. The highest BCUT2D eigenvalue weighted by molar-refractivity contribution is 5.97. The molecule has 114 valence electrons. The summed E-state index contributed by atoms with van der Waals surface area (Å²) in [4.78, 5) is 13.6. The first-order chi connectivity index (χ1) is 10.1. The molecule has 1 unspecified atom stereocenters. The molecule has 0 aliphatic carbocycles. The van der Waals surface area contributed by atoms with E-state index < -0.39 is 6.10 Å². The molecule has 7 nitrogen and oxygen atoms in total. The minimum Gasteiger partial charge on any atom is -0.484 e. The number of nitrogens with zero attached hydrogens (tertiary/aromatic N) is 2. The van der Waals surface area contributed by atoms with Gasteiger partial charge in [0.2, 0.25) is 0 Å². The number of carbonyl (C=O) groups excluding carboxylic acids is 1. The highest BCUT2D eigenvalue weighted by Crippen LogP contribution is 2.14. The first kappa shape index (κ1) is 15.1. The van der Waals surface area contributed by atoms with Crippen LogP contribution in [0.4, 0.5) is 0 Å². The lowest BCUT2D eigenvalue weighted by Crippen LogP contribution is -2.44. The zero-order valence-electron chi connectivity index (χ0n) is 11.6. The molecule has 7 heteroatoms. The van der Waals surface area contributed by atoms with Crippen LogP contribution in [0.3, 0.4) is 0 Å². The van der Waals surface area contributed by atoms with Gasteiger partial charge in [0.05, 0.1) is 6.10 Å². The van der Waals surface area contributed by atoms with Crippen molar-refractivity contribution in [3.63, 3.8) is 0 Å². The van der Waals surface area contributed by atoms with E-state index in [0.29, 0.717) is 24.4 Å². The fraction of sp³-hybridized carbons (Fsp3) is 0.429. The van der Waals surface area contributed by atoms with Gasteiger partial charge >= 0.3 is 0 Å². The molecule has 1 fully saturated rings. The van der Waals surface area contributed by atoms with E-state index in [2.05, 4.69) is 5.16 Å². The zero-order valence-corrected chi connectivity index (χ0v) is 11.6. The molecule has 0 saturated carbocycles. The van der Waals surface area contributed by atoms with Gasteiger partial charge < -0.3 is 25.7 Å². The lowest BCUT2D eigenvalue weighted by atomic mass is 10.1. The Kier molecular flexibility index (Phi) is 4.99. The van der Waals surface area contributed by atoms with Gasteiger partial charge in [0.25, 0.3) is 5.91 Å². The predicted octanol–water partition coefficient (Wildman–Crippen LogP) is 0.143. The topological polar surface area (TPSA) is 108 Å². The number of benzene rings is 1. The zero-order chi connectivity index (χ0) is 15.2. The summed E-state index contributed by atoms with van der Waals surface area (Å²) in [5, 5.41) is 21.0. The van der Waals surface area contributed by atoms with Crippen molar-refractivity contribution >= 4 is 11.7 Å². The molecule has 21 heavy (non-hydrogen) atoms. The number of nitrogens with two attached hydrogens (primary N) is 1. The van der Waals surface area contributed by atoms with Crippen LogP contribution in [0.2, 0.25) is 0 Å². The Morgan fingerprint density at radius 3 is 2.76 bits per heavy atom. The molecular formula is C14H19N3O4. The van der Waals surface area contributed by atoms with E-state index in [0.717, 1.165) is 12.8 Å². The van der Waals surface area contributed by atoms with Gasteiger partial charge in [-0.3, -0.25) is 4.79 Å². The summed E-state index contributed by atoms with van der Waals surface area (Å²) in [6.45, 7) is 0.946. The maximum Gasteiger partial charge on any atom is 0.260 e. The minimum atomic E-state index is -0.442. The molecular weight excluding hydrogens is 274 g/mol. The van der Waals surface area contributed by atoms with Crippen molar-refractivity contribution in [2.24, 2.45) is 10.9 Å². The summed E-state index contributed by atoms with van der Waals surface area (Å²) < 4.78 is 5.41. The average molecular weight is 293 g/mol. The highest BCUT2D eigenvalue weighted by Gasteiger charge is 2.22. The van der Waals surface area contributed by atoms with Gasteiger partial charge in [-0.1, -0.05) is 5.16 Å². The fourth-order valence-corrected chi connectivity index (χ4v) is 2.20. The Bertz CT molecular complexity index is 515. The Hall–Kier alpha value is -2.28. The summed E-state index contributed by atoms with van der Waals surface area (Å²) in [6.07, 6.45) is 1.10. The van der Waals surface area contributed by atoms with E-state index in [9.17, 15) is 9.90 Å². The second-order valence-corrected chi connectivity index (χ2v) is 4.93. The Labute approximate surface area is 122 Å². The average Bonchev–Trinajstić information content (AvgIpc) is 2.52. The number of carbonyl (C=O) groups is 1. The van der Waals surface area contributed by atoms with Crippen molar-refractivity contribution in [2.45, 2.75) is 18.9 Å². The number of aliphatic hydroxyl groups is 1. The van der Waals surface area contributed by atoms with Gasteiger partial charge in [-0.15, -0.1) is 0 Å². The molecule has 1 aliphatic heterocycles. The van der Waals surface area contributed by atoms with Crippen molar-refractivity contribution in [2.75, 3.05) is 19.7 Å². The number of hydrogen-bond donors (Lipinski definition) is 3. The van der Waals surface area contributed by atoms with Gasteiger partial charge in [-0.2, -0.15) is 0 Å². The van der Waals surface area contributed by atoms with Crippen LogP contribution in [0.1, 0.15) is 18.4 Å². The third-order valence-electron chi connectivity index (χ3n) is 3.37. The van der Waals surface area contributed by atoms with Crippen molar-refractivity contribution in [3.05, 3.63) is 29.8 Å². The molecule has 2 rings (SSSR count). The summed E-state index contributed by atoms with van der Waals surface area (Å²) in [5.41, 5.74) is 6.02. The molecule has 1 saturated heterocycles. The van der Waals surface area contributed by atoms with Crippen LogP contribution in [0, 0.1) is 0 Å². The Morgan fingerprint density at radius 2 is 2.14 bits per heavy atom. The summed E-state index contributed by atoms with van der Waals surface area (Å²) in [6, 6.07) is 6.57. The number of rotatable bonds is 4. The Balaban J connectivity index is 1.86. The summed E-state index contributed by atoms with van der Waals surface area (Å²) >= 11 is 0. The number of amides is 1. The third-order valence-corrected chi connectivity index (χ3v) is 3.37. The molecule has 1 aliphatic rings. The smallest absolute Gasteiger partial charge is 0.260 e. The number of β-amino-alcohol motifs (C(OH)–C–C–N with tert-alkyl or cyclic N) is 1. The van der Waals surface area contributed by atoms with E-state index in [4.69, 9.17) is 15.7 Å². The molecule has 1 aromatic rings. The molecule has 1 atom stereocenters. The quantitative estimate of drug-likeness (QED) is 0.317. The normalized spacial score (nSPS) is 19.4. The maximum atomic E-state index is 12.0. The standard InChI is InChI=1S/C14H19N3O4/c15-14(16-20)10-3-5-12(6-4-10)21-9-13(19)17-7-1-2-11(18)8-17/h3-6,11,18,20H,1-2,7-9H2,(H2,15,16). The SMILES string of the molecule is NC(=NO)c1ccc(OCC(=O)N2CCCC(O)C2)cc1. The Morgan fingerprint density at radius 1 is 1.43 bits per heavy atom. The van der Waals surface area contributed by atoms with Crippen LogP contribution in [0.25, 0.3) is 0 Å². The molecule has 0 aromatic heterocycles. The van der Waals surface area contributed by atoms with Crippen molar-refractivity contribution in [1.29, 1.82) is 0 Å². The van der Waals surface area contributed by atoms with Gasteiger partial charge in [0.1, 0.15) is 5.75 Å². The van der Waals surface area contributed by atoms with Crippen LogP contribution in [0.5, 0.6) is 5.75 Å². The second kappa shape index (κ2) is 6.94. The number of ether oxygens (including phenoxy) is 1. The maximum absolute atomic E-state index is 12.0. The van der Waals surface area contributed by atoms with Crippen LogP contribution < -0.4 is 10.5 Å². The van der Waals surface area contributed by atoms with Gasteiger partial charge in [-0.25, -0.2) is 0 Å². The van der Waals surface area contributed by atoms with Crippen LogP contribution in [-0.2, 0) is 4.79 Å². The molecule has 4 N–H and O–H groups in total. The van der Waals surface area contributed by atoms with E-state index >= 15 is 0 Å². The number of oxime groups is 1. The molecule has 0 radical (unpaired) electrons. The summed E-state index contributed by atoms with van der Waals surface area (Å²) in [7, 11) is 0. The van der Waals surface area contributed by atoms with E-state index in [1.54, 1.807) is 29.2 Å². The van der Waals surface area contributed by atoms with Crippen molar-refractivity contribution < 1.29 is 19.8 Å². The fourth-order valence-electron chi connectivity index (χ4n) is 2.20. The van der Waals surface area contributed by atoms with Crippen LogP contribution >= 0.6 is 0 Å². The number of hydrogen-bond acceptors (Lipinski definition) is 5. The first-order valence-corrected chi connectivity index (χ1v) is 6.76. The van der Waals surface area contributed by atoms with Crippen LogP contribution in [-0.4, -0.2) is 52.8 Å². The molecule has 1 amide bonds. The van der Waals surface area contributed by atoms with E-state index in [1.807, 2.05) is 0 Å². The van der Waals surface area contributed by atoms with Gasteiger partial charge in [0, 0.05) is 18.7 Å². The van der Waals surface area contributed by atoms with Crippen molar-refractivity contribution in [3.8, 4) is 5.75 Å². The van der Waals surface area contributed by atoms with E-state index in [-0.39, 0.29) is 18.3 Å². The lowest BCUT2D eigenvalue weighted by molar-refractivity contribution is -0.136. The second-order valence-electron chi connectivity index (χ2n) is 4.93. The monoisotopic (exact) mass is 293 g/mol. The molecule has 0 spiro atoms. The molecule has 1 heterocycles. The minimum absolute atomic E-state index is 0.0138. The van der Waals surface area contributed by atoms with E-state index in [1.165, 1.54) is 0 Å². The van der Waals surface area contributed by atoms with Crippen LogP contribution in [0.15, 0.2) is 29.4 Å². The summed E-state index contributed by atoms with van der Waals surface area (Å²) in [5.74, 6) is 0.393. The number of likely N-dealkylation sites (tertiary alicyclic amines) is 1. The van der Waals surface area contributed by atoms with Gasteiger partial charge in [-0.05, 0) is 37.1 Å². The number of aliphatic hydroxyl groups excluding tert-OH is 1. The first-order valence-electron chi connectivity index (χ1n) is 6.76. The third kappa shape index (κ3) is 4.09. The van der Waals surface area contributed by atoms with Crippen molar-refractivity contribution in [1.82, 2.24) is 4.90 Å². The van der Waals surface area contributed by atoms with Gasteiger partial charge in [0.15, 0.2) is 12.4 Å². The molecule has 0 bridgehead atoms. The highest BCUT2D eigenvalue weighted by atomic mass is 16.5. The number of piperidine rings is 1.